The van der Waals surface area contributed by atoms with Crippen LogP contribution in [0, 0.1) is 0 Å². The van der Waals surface area contributed by atoms with Crippen molar-refractivity contribution in [3.8, 4) is 0 Å². The number of nitrogens with zero attached hydrogens (tertiary/aromatic N) is 2. The van der Waals surface area contributed by atoms with Crippen molar-refractivity contribution in [2.45, 2.75) is 24.0 Å². The van der Waals surface area contributed by atoms with Crippen LogP contribution in [0.1, 0.15) is 12.0 Å². The molecule has 0 radical (unpaired) electrons. The smallest absolute Gasteiger partial charge is 0.258 e. The first kappa shape index (κ1) is 13.4. The normalized spacial score (nSPS) is 21.3. The zero-order valence-corrected chi connectivity index (χ0v) is 11.2. The quantitative estimate of drug-likeness (QED) is 0.771. The van der Waals surface area contributed by atoms with Gasteiger partial charge in [-0.15, -0.1) is 0 Å². The summed E-state index contributed by atoms with van der Waals surface area (Å²) in [4.78, 5) is 6.03. The van der Waals surface area contributed by atoms with Gasteiger partial charge in [0, 0.05) is 25.3 Å². The lowest BCUT2D eigenvalue weighted by Crippen LogP contribution is -2.36. The van der Waals surface area contributed by atoms with Crippen molar-refractivity contribution < 1.29 is 8.42 Å². The van der Waals surface area contributed by atoms with E-state index in [-0.39, 0.29) is 11.1 Å². The van der Waals surface area contributed by atoms with Crippen molar-refractivity contribution in [3.63, 3.8) is 0 Å². The lowest BCUT2D eigenvalue weighted by molar-refractivity contribution is 0.407. The molecule has 2 rings (SSSR count). The molecule has 1 aliphatic heterocycles. The first-order valence-corrected chi connectivity index (χ1v) is 7.35. The number of nitrogens with two attached hydrogens (primary N) is 1. The fraction of sp³-hybridized carbons (Fsp3) is 0.545. The molecule has 1 atom stereocenters. The summed E-state index contributed by atoms with van der Waals surface area (Å²) in [6.07, 6.45) is 2.33. The molecule has 2 heterocycles. The van der Waals surface area contributed by atoms with Gasteiger partial charge in [-0.3, -0.25) is 0 Å². The van der Waals surface area contributed by atoms with E-state index in [1.807, 2.05) is 7.05 Å². The van der Waals surface area contributed by atoms with Crippen molar-refractivity contribution in [2.24, 2.45) is 5.73 Å². The maximum atomic E-state index is 12.1. The van der Waals surface area contributed by atoms with Crippen molar-refractivity contribution in [1.82, 2.24) is 14.6 Å². The Hall–Kier alpha value is -1.02. The van der Waals surface area contributed by atoms with Crippen LogP contribution in [0.4, 0.5) is 0 Å². The number of hydrogen-bond donors (Lipinski definition) is 2. The zero-order valence-electron chi connectivity index (χ0n) is 10.3. The fourth-order valence-corrected chi connectivity index (χ4v) is 3.19. The molecule has 18 heavy (non-hydrogen) atoms. The van der Waals surface area contributed by atoms with Gasteiger partial charge < -0.3 is 10.6 Å². The Morgan fingerprint density at radius 1 is 1.56 bits per heavy atom. The van der Waals surface area contributed by atoms with Crippen LogP contribution >= 0.6 is 0 Å². The standard InChI is InChI=1S/C11H18N4O2S/c1-15-5-4-10(8-15)14-18(16,17)11-3-2-9(6-12)7-13-11/h2-3,7,10,14H,4-6,8,12H2,1H3. The van der Waals surface area contributed by atoms with Gasteiger partial charge >= 0.3 is 0 Å². The van der Waals surface area contributed by atoms with Crippen LogP contribution in [0.3, 0.4) is 0 Å². The molecule has 100 valence electrons. The highest BCUT2D eigenvalue weighted by atomic mass is 32.2. The molecule has 0 aliphatic carbocycles. The summed E-state index contributed by atoms with van der Waals surface area (Å²) < 4.78 is 26.8. The second kappa shape index (κ2) is 5.31. The molecule has 3 N–H and O–H groups in total. The molecule has 6 nitrogen and oxygen atoms in total. The molecule has 0 aromatic carbocycles. The number of likely N-dealkylation sites (tertiary alicyclic amines) is 1. The highest BCUT2D eigenvalue weighted by molar-refractivity contribution is 7.89. The largest absolute Gasteiger partial charge is 0.326 e. The van der Waals surface area contributed by atoms with Crippen molar-refractivity contribution in [3.05, 3.63) is 23.9 Å². The van der Waals surface area contributed by atoms with E-state index >= 15 is 0 Å². The molecule has 1 aromatic rings. The first-order valence-electron chi connectivity index (χ1n) is 5.87. The average molecular weight is 270 g/mol. The SMILES string of the molecule is CN1CCC(NS(=O)(=O)c2ccc(CN)cn2)C1. The summed E-state index contributed by atoms with van der Waals surface area (Å²) >= 11 is 0. The molecule has 1 aromatic heterocycles. The second-order valence-corrected chi connectivity index (χ2v) is 6.24. The van der Waals surface area contributed by atoms with E-state index in [1.165, 1.54) is 12.3 Å². The van der Waals surface area contributed by atoms with Gasteiger partial charge in [-0.2, -0.15) is 0 Å². The van der Waals surface area contributed by atoms with Gasteiger partial charge in [0.1, 0.15) is 0 Å². The summed E-state index contributed by atoms with van der Waals surface area (Å²) in [5, 5.41) is 0.0502. The molecule has 1 unspecified atom stereocenters. The molecule has 0 amide bonds. The number of rotatable bonds is 4. The van der Waals surface area contributed by atoms with Crippen molar-refractivity contribution >= 4 is 10.0 Å². The molecule has 0 spiro atoms. The van der Waals surface area contributed by atoms with Gasteiger partial charge in [0.2, 0.25) is 0 Å². The van der Waals surface area contributed by atoms with Crippen LogP contribution in [0.15, 0.2) is 23.4 Å². The third-order valence-corrected chi connectivity index (χ3v) is 4.46. The molecule has 1 fully saturated rings. The van der Waals surface area contributed by atoms with Crippen LogP contribution in [-0.4, -0.2) is 44.5 Å². The minimum atomic E-state index is -3.52. The Morgan fingerprint density at radius 3 is 2.83 bits per heavy atom. The van der Waals surface area contributed by atoms with Crippen LogP contribution < -0.4 is 10.5 Å². The Balaban J connectivity index is 2.10. The molecule has 1 aliphatic rings. The highest BCUT2D eigenvalue weighted by Crippen LogP contribution is 2.12. The van der Waals surface area contributed by atoms with Gasteiger partial charge in [-0.25, -0.2) is 18.1 Å². The molecule has 7 heteroatoms. The number of aromatic nitrogens is 1. The summed E-state index contributed by atoms with van der Waals surface area (Å²) in [6, 6.07) is 3.14. The summed E-state index contributed by atoms with van der Waals surface area (Å²) in [5.74, 6) is 0. The van der Waals surface area contributed by atoms with Gasteiger partial charge in [0.25, 0.3) is 10.0 Å². The minimum absolute atomic E-state index is 0.0315. The topological polar surface area (TPSA) is 88.3 Å². The third-order valence-electron chi connectivity index (χ3n) is 3.02. The number of nitrogens with one attached hydrogen (secondary N) is 1. The van der Waals surface area contributed by atoms with E-state index in [4.69, 9.17) is 5.73 Å². The number of sulfonamides is 1. The highest BCUT2D eigenvalue weighted by Gasteiger charge is 2.25. The Kier molecular flexibility index (Phi) is 3.96. The summed E-state index contributed by atoms with van der Waals surface area (Å²) in [5.41, 5.74) is 6.26. The monoisotopic (exact) mass is 270 g/mol. The third kappa shape index (κ3) is 3.05. The molecule has 1 saturated heterocycles. The van der Waals surface area contributed by atoms with Gasteiger partial charge in [-0.05, 0) is 31.6 Å². The Labute approximate surface area is 107 Å². The molecular weight excluding hydrogens is 252 g/mol. The van der Waals surface area contributed by atoms with E-state index in [1.54, 1.807) is 6.07 Å². The predicted molar refractivity (Wildman–Crippen MR) is 68.4 cm³/mol. The van der Waals surface area contributed by atoms with Crippen LogP contribution in [-0.2, 0) is 16.6 Å². The van der Waals surface area contributed by atoms with Gasteiger partial charge in [0.05, 0.1) is 0 Å². The van der Waals surface area contributed by atoms with E-state index in [9.17, 15) is 8.42 Å². The molecular formula is C11H18N4O2S. The summed E-state index contributed by atoms with van der Waals surface area (Å²) in [6.45, 7) is 2.00. The Bertz CT molecular complexity index is 500. The van der Waals surface area contributed by atoms with Crippen molar-refractivity contribution in [2.75, 3.05) is 20.1 Å². The number of hydrogen-bond acceptors (Lipinski definition) is 5. The first-order chi connectivity index (χ1) is 8.51. The average Bonchev–Trinajstić information content (AvgIpc) is 2.74. The van der Waals surface area contributed by atoms with E-state index in [0.717, 1.165) is 25.1 Å². The predicted octanol–water partition coefficient (Wildman–Crippen LogP) is -0.477. The van der Waals surface area contributed by atoms with Gasteiger partial charge in [-0.1, -0.05) is 6.07 Å². The maximum Gasteiger partial charge on any atom is 0.258 e. The lowest BCUT2D eigenvalue weighted by atomic mass is 10.3. The van der Waals surface area contributed by atoms with E-state index in [0.29, 0.717) is 6.54 Å². The minimum Gasteiger partial charge on any atom is -0.326 e. The van der Waals surface area contributed by atoms with Crippen molar-refractivity contribution in [1.29, 1.82) is 0 Å². The van der Waals surface area contributed by atoms with E-state index < -0.39 is 10.0 Å². The lowest BCUT2D eigenvalue weighted by Gasteiger charge is -2.12. The zero-order chi connectivity index (χ0) is 13.2. The Morgan fingerprint density at radius 2 is 2.33 bits per heavy atom. The van der Waals surface area contributed by atoms with E-state index in [2.05, 4.69) is 14.6 Å². The van der Waals surface area contributed by atoms with Crippen LogP contribution in [0.25, 0.3) is 0 Å². The van der Waals surface area contributed by atoms with Gasteiger partial charge in [0.15, 0.2) is 5.03 Å². The number of likely N-dealkylation sites (N-methyl/N-ethyl adjacent to an activating group) is 1. The van der Waals surface area contributed by atoms with Crippen LogP contribution in [0.2, 0.25) is 0 Å². The molecule has 0 saturated carbocycles. The number of pyridine rings is 1. The fourth-order valence-electron chi connectivity index (χ4n) is 2.00. The summed E-state index contributed by atoms with van der Waals surface area (Å²) in [7, 11) is -1.55. The maximum absolute atomic E-state index is 12.1. The second-order valence-electron chi connectivity index (χ2n) is 4.58. The van der Waals surface area contributed by atoms with Crippen LogP contribution in [0.5, 0.6) is 0 Å². The molecule has 0 bridgehead atoms.